The van der Waals surface area contributed by atoms with Gasteiger partial charge < -0.3 is 10.1 Å². The number of fused-ring (bicyclic) bond motifs is 1. The monoisotopic (exact) mass is 249 g/mol. The van der Waals surface area contributed by atoms with Crippen molar-refractivity contribution in [1.29, 1.82) is 0 Å². The first kappa shape index (κ1) is 11.3. The summed E-state index contributed by atoms with van der Waals surface area (Å²) >= 11 is 2.07. The van der Waals surface area contributed by atoms with Crippen molar-refractivity contribution < 1.29 is 4.74 Å². The number of methoxy groups -OCH3 is 1. The molecule has 0 bridgehead atoms. The normalized spacial score (nSPS) is 21.7. The fourth-order valence-electron chi connectivity index (χ4n) is 2.93. The molecule has 0 radical (unpaired) electrons. The predicted octanol–water partition coefficient (Wildman–Crippen LogP) is 3.92. The van der Waals surface area contributed by atoms with Crippen LogP contribution >= 0.6 is 11.8 Å². The second-order valence-electron chi connectivity index (χ2n) is 5.03. The predicted molar refractivity (Wildman–Crippen MR) is 73.2 cm³/mol. The van der Waals surface area contributed by atoms with Gasteiger partial charge in [0.25, 0.3) is 0 Å². The topological polar surface area (TPSA) is 21.3 Å². The number of nitrogens with one attached hydrogen (secondary N) is 1. The highest BCUT2D eigenvalue weighted by molar-refractivity contribution is 8.01. The molecule has 0 aromatic heterocycles. The molecule has 1 spiro atoms. The molecular formula is C14H19NOS. The van der Waals surface area contributed by atoms with E-state index in [9.17, 15) is 0 Å². The Balaban J connectivity index is 1.90. The van der Waals surface area contributed by atoms with Gasteiger partial charge >= 0.3 is 0 Å². The summed E-state index contributed by atoms with van der Waals surface area (Å²) in [6, 6.07) is 6.34. The highest BCUT2D eigenvalue weighted by Gasteiger charge is 2.37. The van der Waals surface area contributed by atoms with Crippen molar-refractivity contribution in [2.24, 2.45) is 0 Å². The zero-order valence-corrected chi connectivity index (χ0v) is 11.1. The summed E-state index contributed by atoms with van der Waals surface area (Å²) in [6.07, 6.45) is 6.87. The first-order valence-corrected chi connectivity index (χ1v) is 7.25. The molecule has 1 aliphatic heterocycles. The van der Waals surface area contributed by atoms with Gasteiger partial charge in [0.05, 0.1) is 12.8 Å². The highest BCUT2D eigenvalue weighted by atomic mass is 32.2. The van der Waals surface area contributed by atoms with Crippen LogP contribution in [-0.4, -0.2) is 18.4 Å². The molecule has 1 fully saturated rings. The summed E-state index contributed by atoms with van der Waals surface area (Å²) in [5.41, 5.74) is 1.19. The van der Waals surface area contributed by atoms with E-state index in [1.807, 2.05) is 6.07 Å². The second-order valence-corrected chi connectivity index (χ2v) is 6.54. The minimum atomic E-state index is 0.442. The van der Waals surface area contributed by atoms with Crippen molar-refractivity contribution in [3.63, 3.8) is 0 Å². The quantitative estimate of drug-likeness (QED) is 0.815. The fourth-order valence-corrected chi connectivity index (χ4v) is 4.46. The Morgan fingerprint density at radius 3 is 2.82 bits per heavy atom. The number of rotatable bonds is 1. The average Bonchev–Trinajstić information content (AvgIpc) is 2.38. The zero-order valence-electron chi connectivity index (χ0n) is 10.3. The van der Waals surface area contributed by atoms with E-state index in [-0.39, 0.29) is 0 Å². The van der Waals surface area contributed by atoms with Crippen molar-refractivity contribution in [3.05, 3.63) is 18.2 Å². The minimum absolute atomic E-state index is 0.442. The van der Waals surface area contributed by atoms with Gasteiger partial charge in [0.1, 0.15) is 5.75 Å². The number of ether oxygens (including phenoxy) is 1. The van der Waals surface area contributed by atoms with Crippen LogP contribution < -0.4 is 10.1 Å². The van der Waals surface area contributed by atoms with E-state index in [4.69, 9.17) is 4.74 Å². The molecule has 2 aliphatic rings. The fraction of sp³-hybridized carbons (Fsp3) is 0.571. The molecular weight excluding hydrogens is 230 g/mol. The first-order chi connectivity index (χ1) is 8.33. The third-order valence-corrected chi connectivity index (χ3v) is 5.43. The number of hydrogen-bond acceptors (Lipinski definition) is 3. The van der Waals surface area contributed by atoms with Crippen LogP contribution in [0.15, 0.2) is 23.1 Å². The van der Waals surface area contributed by atoms with Crippen molar-refractivity contribution >= 4 is 17.4 Å². The van der Waals surface area contributed by atoms with E-state index in [1.165, 1.54) is 42.7 Å². The minimum Gasteiger partial charge on any atom is -0.495 e. The van der Waals surface area contributed by atoms with Gasteiger partial charge in [0.15, 0.2) is 0 Å². The smallest absolute Gasteiger partial charge is 0.143 e. The number of benzene rings is 1. The molecule has 17 heavy (non-hydrogen) atoms. The van der Waals surface area contributed by atoms with E-state index in [1.54, 1.807) is 7.11 Å². The van der Waals surface area contributed by atoms with Crippen molar-refractivity contribution in [3.8, 4) is 5.75 Å². The van der Waals surface area contributed by atoms with Crippen LogP contribution in [0, 0.1) is 0 Å². The van der Waals surface area contributed by atoms with Gasteiger partial charge in [-0.15, -0.1) is 11.8 Å². The molecule has 0 unspecified atom stereocenters. The van der Waals surface area contributed by atoms with E-state index in [2.05, 4.69) is 29.2 Å². The zero-order chi connectivity index (χ0) is 11.7. The number of hydrogen-bond donors (Lipinski definition) is 1. The summed E-state index contributed by atoms with van der Waals surface area (Å²) in [5, 5.41) is 3.60. The van der Waals surface area contributed by atoms with Crippen molar-refractivity contribution in [2.75, 3.05) is 19.0 Å². The largest absolute Gasteiger partial charge is 0.495 e. The molecule has 0 atom stereocenters. The molecule has 1 aromatic rings. The Hall–Kier alpha value is -0.830. The Kier molecular flexibility index (Phi) is 2.95. The van der Waals surface area contributed by atoms with Crippen LogP contribution in [0.5, 0.6) is 5.75 Å². The molecule has 1 aromatic carbocycles. The molecule has 1 N–H and O–H groups in total. The van der Waals surface area contributed by atoms with E-state index in [0.29, 0.717) is 4.75 Å². The van der Waals surface area contributed by atoms with Gasteiger partial charge in [-0.1, -0.05) is 25.3 Å². The lowest BCUT2D eigenvalue weighted by Crippen LogP contribution is -2.38. The first-order valence-electron chi connectivity index (χ1n) is 6.43. The molecule has 2 nitrogen and oxygen atoms in total. The molecule has 3 heteroatoms. The lowest BCUT2D eigenvalue weighted by atomic mass is 9.88. The molecule has 1 aliphatic carbocycles. The van der Waals surface area contributed by atoms with Gasteiger partial charge in [-0.3, -0.25) is 0 Å². The number of para-hydroxylation sites is 1. The van der Waals surface area contributed by atoms with Gasteiger partial charge in [0.2, 0.25) is 0 Å². The van der Waals surface area contributed by atoms with Crippen LogP contribution in [0.2, 0.25) is 0 Å². The summed E-state index contributed by atoms with van der Waals surface area (Å²) in [4.78, 5) is 1.36. The molecule has 92 valence electrons. The number of thioether (sulfide) groups is 1. The van der Waals surface area contributed by atoms with Crippen molar-refractivity contribution in [2.45, 2.75) is 41.7 Å². The maximum absolute atomic E-state index is 5.41. The van der Waals surface area contributed by atoms with E-state index < -0.39 is 0 Å². The Labute approximate surface area is 107 Å². The van der Waals surface area contributed by atoms with Crippen molar-refractivity contribution in [1.82, 2.24) is 0 Å². The molecule has 0 amide bonds. The summed E-state index contributed by atoms with van der Waals surface area (Å²) in [5.74, 6) is 0.973. The lowest BCUT2D eigenvalue weighted by molar-refractivity contribution is 0.401. The van der Waals surface area contributed by atoms with E-state index >= 15 is 0 Å². The molecule has 3 rings (SSSR count). The van der Waals surface area contributed by atoms with Crippen LogP contribution in [0.3, 0.4) is 0 Å². The van der Waals surface area contributed by atoms with Gasteiger partial charge in [-0.05, 0) is 25.0 Å². The van der Waals surface area contributed by atoms with Gasteiger partial charge in [-0.25, -0.2) is 0 Å². The molecule has 1 heterocycles. The van der Waals surface area contributed by atoms with Crippen LogP contribution in [0.25, 0.3) is 0 Å². The average molecular weight is 249 g/mol. The summed E-state index contributed by atoms with van der Waals surface area (Å²) in [6.45, 7) is 1.09. The van der Waals surface area contributed by atoms with Crippen LogP contribution in [-0.2, 0) is 0 Å². The molecule has 0 saturated heterocycles. The Bertz CT molecular complexity index is 413. The van der Waals surface area contributed by atoms with Crippen LogP contribution in [0.4, 0.5) is 5.69 Å². The third-order valence-electron chi connectivity index (χ3n) is 3.89. The van der Waals surface area contributed by atoms with Gasteiger partial charge in [0, 0.05) is 16.2 Å². The SMILES string of the molecule is COc1cccc2c1NCC1(CCCCC1)S2. The lowest BCUT2D eigenvalue weighted by Gasteiger charge is -2.41. The molecule has 1 saturated carbocycles. The Morgan fingerprint density at radius 1 is 1.24 bits per heavy atom. The summed E-state index contributed by atoms with van der Waals surface area (Å²) in [7, 11) is 1.74. The Morgan fingerprint density at radius 2 is 2.06 bits per heavy atom. The van der Waals surface area contributed by atoms with Gasteiger partial charge in [-0.2, -0.15) is 0 Å². The second kappa shape index (κ2) is 4.45. The standard InChI is InChI=1S/C14H19NOS/c1-16-11-6-5-7-12-13(11)15-10-14(17-12)8-3-2-4-9-14/h5-7,15H,2-4,8-10H2,1H3. The third kappa shape index (κ3) is 2.01. The van der Waals surface area contributed by atoms with Crippen LogP contribution in [0.1, 0.15) is 32.1 Å². The highest BCUT2D eigenvalue weighted by Crippen LogP contribution is 2.51. The maximum Gasteiger partial charge on any atom is 0.143 e. The number of anilines is 1. The maximum atomic E-state index is 5.41. The van der Waals surface area contributed by atoms with E-state index in [0.717, 1.165) is 12.3 Å². The summed E-state index contributed by atoms with van der Waals surface area (Å²) < 4.78 is 5.85.